The Balaban J connectivity index is 1.73. The summed E-state index contributed by atoms with van der Waals surface area (Å²) in [4.78, 5) is 12.1. The van der Waals surface area contributed by atoms with Crippen molar-refractivity contribution >= 4 is 5.91 Å². The molecule has 1 aliphatic rings. The number of nitrogens with one attached hydrogen (secondary N) is 2. The van der Waals surface area contributed by atoms with E-state index in [-0.39, 0.29) is 5.91 Å². The summed E-state index contributed by atoms with van der Waals surface area (Å²) in [5.74, 6) is 1.35. The fourth-order valence-corrected chi connectivity index (χ4v) is 3.45. The highest BCUT2D eigenvalue weighted by Gasteiger charge is 2.21. The number of carbonyl (C=O) groups is 1. The van der Waals surface area contributed by atoms with Crippen LogP contribution in [0.3, 0.4) is 0 Å². The summed E-state index contributed by atoms with van der Waals surface area (Å²) in [5.41, 5.74) is 3.52. The van der Waals surface area contributed by atoms with E-state index in [4.69, 9.17) is 0 Å². The lowest BCUT2D eigenvalue weighted by molar-refractivity contribution is -0.122. The normalized spacial score (nSPS) is 17.5. The summed E-state index contributed by atoms with van der Waals surface area (Å²) in [6.45, 7) is 9.21. The van der Waals surface area contributed by atoms with Crippen LogP contribution in [0.5, 0.6) is 0 Å². The van der Waals surface area contributed by atoms with Gasteiger partial charge < -0.3 is 10.6 Å². The number of rotatable bonds is 6. The summed E-state index contributed by atoms with van der Waals surface area (Å²) in [5, 5.41) is 10.9. The van der Waals surface area contributed by atoms with E-state index in [1.165, 1.54) is 24.1 Å². The van der Waals surface area contributed by atoms with Crippen LogP contribution in [0.15, 0.2) is 0 Å². The van der Waals surface area contributed by atoms with Gasteiger partial charge in [-0.15, -0.1) is 0 Å². The molecule has 1 aliphatic heterocycles. The Morgan fingerprint density at radius 3 is 2.68 bits per heavy atom. The predicted molar refractivity (Wildman–Crippen MR) is 88.8 cm³/mol. The lowest BCUT2D eigenvalue weighted by Gasteiger charge is -2.27. The minimum Gasteiger partial charge on any atom is -0.356 e. The molecular weight excluding hydrogens is 276 g/mol. The molecule has 1 saturated heterocycles. The summed E-state index contributed by atoms with van der Waals surface area (Å²) in [6, 6.07) is 0. The van der Waals surface area contributed by atoms with Gasteiger partial charge in [-0.1, -0.05) is 6.92 Å². The maximum Gasteiger partial charge on any atom is 0.220 e. The van der Waals surface area contributed by atoms with Crippen LogP contribution in [0.4, 0.5) is 0 Å². The van der Waals surface area contributed by atoms with Crippen molar-refractivity contribution in [3.05, 3.63) is 17.0 Å². The third-order valence-corrected chi connectivity index (χ3v) is 5.05. The molecule has 0 aromatic carbocycles. The number of aryl methyl sites for hydroxylation is 2. The van der Waals surface area contributed by atoms with Gasteiger partial charge in [0.15, 0.2) is 0 Å². The van der Waals surface area contributed by atoms with Crippen molar-refractivity contribution in [2.24, 2.45) is 18.9 Å². The second-order valence-electron chi connectivity index (χ2n) is 6.64. The summed E-state index contributed by atoms with van der Waals surface area (Å²) < 4.78 is 1.91. The first-order chi connectivity index (χ1) is 10.5. The van der Waals surface area contributed by atoms with Gasteiger partial charge in [0, 0.05) is 25.7 Å². The fourth-order valence-electron chi connectivity index (χ4n) is 3.45. The lowest BCUT2D eigenvalue weighted by Crippen LogP contribution is -2.34. The maximum absolute atomic E-state index is 12.1. The first-order valence-corrected chi connectivity index (χ1v) is 8.45. The van der Waals surface area contributed by atoms with E-state index >= 15 is 0 Å². The summed E-state index contributed by atoms with van der Waals surface area (Å²) in [6.07, 6.45) is 3.90. The minimum atomic E-state index is 0.185. The molecule has 1 atom stereocenters. The highest BCUT2D eigenvalue weighted by Crippen LogP contribution is 2.24. The van der Waals surface area contributed by atoms with E-state index in [0.29, 0.717) is 24.8 Å². The summed E-state index contributed by atoms with van der Waals surface area (Å²) in [7, 11) is 1.96. The van der Waals surface area contributed by atoms with Gasteiger partial charge in [-0.3, -0.25) is 9.48 Å². The topological polar surface area (TPSA) is 59.0 Å². The van der Waals surface area contributed by atoms with E-state index in [0.717, 1.165) is 25.2 Å². The lowest BCUT2D eigenvalue weighted by atomic mass is 9.84. The molecule has 22 heavy (non-hydrogen) atoms. The molecule has 5 nitrogen and oxygen atoms in total. The number of piperidine rings is 1. The van der Waals surface area contributed by atoms with Crippen molar-refractivity contribution in [1.29, 1.82) is 0 Å². The third kappa shape index (κ3) is 4.32. The van der Waals surface area contributed by atoms with Crippen molar-refractivity contribution in [1.82, 2.24) is 20.4 Å². The number of nitrogens with zero attached hydrogens (tertiary/aromatic N) is 2. The van der Waals surface area contributed by atoms with Gasteiger partial charge in [0.2, 0.25) is 5.91 Å². The molecule has 1 aromatic rings. The van der Waals surface area contributed by atoms with E-state index in [2.05, 4.69) is 29.6 Å². The Labute approximate surface area is 133 Å². The number of hydrogen-bond acceptors (Lipinski definition) is 3. The minimum absolute atomic E-state index is 0.185. The quantitative estimate of drug-likeness (QED) is 0.841. The zero-order valence-electron chi connectivity index (χ0n) is 14.4. The Kier molecular flexibility index (Phi) is 6.00. The van der Waals surface area contributed by atoms with Crippen LogP contribution in [0.2, 0.25) is 0 Å². The zero-order chi connectivity index (χ0) is 16.1. The first kappa shape index (κ1) is 17.0. The van der Waals surface area contributed by atoms with Gasteiger partial charge in [-0.2, -0.15) is 5.10 Å². The van der Waals surface area contributed by atoms with Crippen LogP contribution in [-0.2, 0) is 18.3 Å². The molecule has 124 valence electrons. The zero-order valence-corrected chi connectivity index (χ0v) is 14.4. The molecule has 0 radical (unpaired) electrons. The van der Waals surface area contributed by atoms with Crippen molar-refractivity contribution in [2.75, 3.05) is 19.6 Å². The van der Waals surface area contributed by atoms with Crippen LogP contribution in [0, 0.1) is 25.7 Å². The maximum atomic E-state index is 12.1. The molecule has 0 aliphatic carbocycles. The highest BCUT2D eigenvalue weighted by atomic mass is 16.1. The molecule has 2 rings (SSSR count). The second kappa shape index (κ2) is 7.77. The van der Waals surface area contributed by atoms with E-state index in [1.807, 2.05) is 18.7 Å². The van der Waals surface area contributed by atoms with Crippen LogP contribution in [0.1, 0.15) is 43.1 Å². The van der Waals surface area contributed by atoms with Gasteiger partial charge >= 0.3 is 0 Å². The summed E-state index contributed by atoms with van der Waals surface area (Å²) >= 11 is 0. The number of amides is 1. The van der Waals surface area contributed by atoms with Gasteiger partial charge in [-0.05, 0) is 63.6 Å². The van der Waals surface area contributed by atoms with E-state index in [9.17, 15) is 4.79 Å². The first-order valence-electron chi connectivity index (χ1n) is 8.45. The molecule has 1 fully saturated rings. The molecule has 5 heteroatoms. The molecule has 0 saturated carbocycles. The van der Waals surface area contributed by atoms with Crippen molar-refractivity contribution in [3.8, 4) is 0 Å². The van der Waals surface area contributed by atoms with Crippen molar-refractivity contribution < 1.29 is 4.79 Å². The average Bonchev–Trinajstić information content (AvgIpc) is 2.74. The Bertz CT molecular complexity index is 503. The largest absolute Gasteiger partial charge is 0.356 e. The van der Waals surface area contributed by atoms with Gasteiger partial charge in [-0.25, -0.2) is 0 Å². The molecular formula is C17H30N4O. The number of carbonyl (C=O) groups excluding carboxylic acids is 1. The Hall–Kier alpha value is -1.36. The van der Waals surface area contributed by atoms with Gasteiger partial charge in [0.05, 0.1) is 5.69 Å². The third-order valence-electron chi connectivity index (χ3n) is 5.05. The highest BCUT2D eigenvalue weighted by molar-refractivity contribution is 5.76. The molecule has 2 N–H and O–H groups in total. The number of aromatic nitrogens is 2. The van der Waals surface area contributed by atoms with Gasteiger partial charge in [0.1, 0.15) is 0 Å². The molecule has 1 aromatic heterocycles. The monoisotopic (exact) mass is 306 g/mol. The Morgan fingerprint density at radius 1 is 1.41 bits per heavy atom. The number of hydrogen-bond donors (Lipinski definition) is 2. The van der Waals surface area contributed by atoms with E-state index < -0.39 is 0 Å². The second-order valence-corrected chi connectivity index (χ2v) is 6.64. The van der Waals surface area contributed by atoms with Crippen molar-refractivity contribution in [2.45, 2.75) is 46.5 Å². The van der Waals surface area contributed by atoms with Gasteiger partial charge in [0.25, 0.3) is 0 Å². The molecule has 1 unspecified atom stereocenters. The predicted octanol–water partition coefficient (Wildman–Crippen LogP) is 1.72. The molecule has 1 amide bonds. The standard InChI is InChI=1S/C17H30N4O/c1-12(15-5-8-18-9-6-15)11-17(22)19-10-7-16-13(2)20-21(4)14(16)3/h12,15,18H,5-11H2,1-4H3,(H,19,22). The smallest absolute Gasteiger partial charge is 0.220 e. The van der Waals surface area contributed by atoms with E-state index in [1.54, 1.807) is 0 Å². The Morgan fingerprint density at radius 2 is 2.09 bits per heavy atom. The molecule has 0 spiro atoms. The molecule has 2 heterocycles. The van der Waals surface area contributed by atoms with Crippen LogP contribution in [-0.4, -0.2) is 35.3 Å². The van der Waals surface area contributed by atoms with Crippen molar-refractivity contribution in [3.63, 3.8) is 0 Å². The average molecular weight is 306 g/mol. The van der Waals surface area contributed by atoms with Crippen LogP contribution >= 0.6 is 0 Å². The fraction of sp³-hybridized carbons (Fsp3) is 0.765. The van der Waals surface area contributed by atoms with Crippen LogP contribution < -0.4 is 10.6 Å². The van der Waals surface area contributed by atoms with Crippen LogP contribution in [0.25, 0.3) is 0 Å². The SMILES string of the molecule is Cc1nn(C)c(C)c1CCNC(=O)CC(C)C1CCNCC1. The molecule has 0 bridgehead atoms.